The van der Waals surface area contributed by atoms with Crippen LogP contribution in [0.3, 0.4) is 0 Å². The van der Waals surface area contributed by atoms with Gasteiger partial charge in [-0.25, -0.2) is 0 Å². The number of carboxylic acid groups (broad SMARTS) is 1. The van der Waals surface area contributed by atoms with Gasteiger partial charge in [-0.05, 0) is 24.1 Å². The van der Waals surface area contributed by atoms with Gasteiger partial charge in [0.1, 0.15) is 11.8 Å². The zero-order chi connectivity index (χ0) is 13.2. The number of nitrogens with two attached hydrogens (primary N) is 1. The van der Waals surface area contributed by atoms with E-state index in [-0.39, 0.29) is 5.41 Å². The van der Waals surface area contributed by atoms with Gasteiger partial charge in [0.25, 0.3) is 0 Å². The zero-order valence-electron chi connectivity index (χ0n) is 10.3. The van der Waals surface area contributed by atoms with E-state index in [2.05, 4.69) is 0 Å². The number of hydrogen-bond acceptors (Lipinski definition) is 4. The zero-order valence-corrected chi connectivity index (χ0v) is 10.3. The van der Waals surface area contributed by atoms with Crippen LogP contribution in [-0.4, -0.2) is 37.4 Å². The van der Waals surface area contributed by atoms with Gasteiger partial charge in [-0.3, -0.25) is 4.79 Å². The molecule has 3 N–H and O–H groups in total. The highest BCUT2D eigenvalue weighted by molar-refractivity contribution is 5.73. The van der Waals surface area contributed by atoms with Gasteiger partial charge in [-0.15, -0.1) is 0 Å². The van der Waals surface area contributed by atoms with Crippen molar-refractivity contribution in [3.8, 4) is 5.75 Å². The first-order chi connectivity index (χ1) is 8.57. The van der Waals surface area contributed by atoms with E-state index in [9.17, 15) is 4.79 Å². The summed E-state index contributed by atoms with van der Waals surface area (Å²) in [6, 6.07) is 6.74. The van der Waals surface area contributed by atoms with Gasteiger partial charge >= 0.3 is 5.97 Å². The minimum Gasteiger partial charge on any atom is -0.497 e. The van der Waals surface area contributed by atoms with Crippen LogP contribution in [0.25, 0.3) is 0 Å². The highest BCUT2D eigenvalue weighted by atomic mass is 16.5. The third-order valence-electron chi connectivity index (χ3n) is 3.37. The molecule has 1 aliphatic rings. The molecular weight excluding hydrogens is 234 g/mol. The Morgan fingerprint density at radius 1 is 1.61 bits per heavy atom. The second kappa shape index (κ2) is 4.96. The van der Waals surface area contributed by atoms with Crippen molar-refractivity contribution in [2.75, 3.05) is 20.3 Å². The van der Waals surface area contributed by atoms with E-state index in [4.69, 9.17) is 20.3 Å². The van der Waals surface area contributed by atoms with Crippen LogP contribution < -0.4 is 10.5 Å². The fourth-order valence-corrected chi connectivity index (χ4v) is 2.21. The van der Waals surface area contributed by atoms with Crippen molar-refractivity contribution in [2.24, 2.45) is 5.73 Å². The van der Waals surface area contributed by atoms with Gasteiger partial charge in [0.15, 0.2) is 0 Å². The van der Waals surface area contributed by atoms with Crippen molar-refractivity contribution in [3.05, 3.63) is 29.8 Å². The fraction of sp³-hybridized carbons (Fsp3) is 0.462. The molecule has 0 spiro atoms. The maximum Gasteiger partial charge on any atom is 0.320 e. The molecule has 98 valence electrons. The molecule has 0 saturated carbocycles. The molecule has 1 aliphatic heterocycles. The molecular formula is C13H17NO4. The third kappa shape index (κ3) is 2.32. The predicted octanol–water partition coefficient (Wildman–Crippen LogP) is 0.765. The van der Waals surface area contributed by atoms with Crippen molar-refractivity contribution in [1.82, 2.24) is 0 Å². The molecule has 0 radical (unpaired) electrons. The number of hydrogen-bond donors (Lipinski definition) is 2. The smallest absolute Gasteiger partial charge is 0.320 e. The topological polar surface area (TPSA) is 81.8 Å². The molecule has 1 unspecified atom stereocenters. The first-order valence-corrected chi connectivity index (χ1v) is 5.78. The van der Waals surface area contributed by atoms with Crippen molar-refractivity contribution < 1.29 is 19.4 Å². The molecule has 18 heavy (non-hydrogen) atoms. The lowest BCUT2D eigenvalue weighted by atomic mass is 9.74. The van der Waals surface area contributed by atoms with E-state index in [0.29, 0.717) is 19.6 Å². The first kappa shape index (κ1) is 12.9. The van der Waals surface area contributed by atoms with E-state index in [1.807, 2.05) is 24.3 Å². The molecule has 1 aromatic rings. The molecule has 1 saturated heterocycles. The molecule has 0 aliphatic carbocycles. The Hall–Kier alpha value is -1.59. The Kier molecular flexibility index (Phi) is 3.54. The highest BCUT2D eigenvalue weighted by Crippen LogP contribution is 2.37. The maximum atomic E-state index is 10.9. The van der Waals surface area contributed by atoms with Gasteiger partial charge in [0.2, 0.25) is 0 Å². The van der Waals surface area contributed by atoms with Crippen LogP contribution in [0.15, 0.2) is 24.3 Å². The van der Waals surface area contributed by atoms with Crippen LogP contribution in [-0.2, 0) is 14.9 Å². The Balaban J connectivity index is 2.23. The lowest BCUT2D eigenvalue weighted by molar-refractivity contribution is -0.141. The van der Waals surface area contributed by atoms with Crippen molar-refractivity contribution >= 4 is 5.97 Å². The lowest BCUT2D eigenvalue weighted by Gasteiger charge is -2.43. The van der Waals surface area contributed by atoms with E-state index >= 15 is 0 Å². The summed E-state index contributed by atoms with van der Waals surface area (Å²) in [5, 5.41) is 8.92. The van der Waals surface area contributed by atoms with Crippen molar-refractivity contribution in [3.63, 3.8) is 0 Å². The molecule has 2 rings (SSSR count). The molecule has 5 heteroatoms. The Morgan fingerprint density at radius 2 is 2.33 bits per heavy atom. The van der Waals surface area contributed by atoms with Gasteiger partial charge in [-0.1, -0.05) is 12.1 Å². The van der Waals surface area contributed by atoms with E-state index in [1.165, 1.54) is 0 Å². The molecule has 1 aromatic carbocycles. The second-order valence-corrected chi connectivity index (χ2v) is 4.65. The number of ether oxygens (including phenoxy) is 2. The molecule has 0 bridgehead atoms. The number of methoxy groups -OCH3 is 1. The minimum atomic E-state index is -0.982. The number of carbonyl (C=O) groups is 1. The molecule has 1 fully saturated rings. The summed E-state index contributed by atoms with van der Waals surface area (Å²) < 4.78 is 10.4. The average Bonchev–Trinajstić information content (AvgIpc) is 2.33. The van der Waals surface area contributed by atoms with Crippen molar-refractivity contribution in [1.29, 1.82) is 0 Å². The Morgan fingerprint density at radius 3 is 2.83 bits per heavy atom. The minimum absolute atomic E-state index is 0.299. The molecule has 0 amide bonds. The summed E-state index contributed by atoms with van der Waals surface area (Å²) in [4.78, 5) is 10.9. The summed E-state index contributed by atoms with van der Waals surface area (Å²) in [5.74, 6) is -0.230. The molecule has 5 nitrogen and oxygen atoms in total. The summed E-state index contributed by atoms with van der Waals surface area (Å²) in [7, 11) is 1.60. The summed E-state index contributed by atoms with van der Waals surface area (Å²) >= 11 is 0. The summed E-state index contributed by atoms with van der Waals surface area (Å²) in [5.41, 5.74) is 6.35. The lowest BCUT2D eigenvalue weighted by Crippen LogP contribution is -2.51. The molecule has 1 heterocycles. The number of benzene rings is 1. The standard InChI is InChI=1S/C13H17NO4/c1-17-10-4-2-3-9(5-10)13(7-18-8-13)6-11(14)12(15)16/h2-5,11H,6-8,14H2,1H3,(H,15,16). The maximum absolute atomic E-state index is 10.9. The quantitative estimate of drug-likeness (QED) is 0.807. The van der Waals surface area contributed by atoms with E-state index in [0.717, 1.165) is 11.3 Å². The van der Waals surface area contributed by atoms with E-state index < -0.39 is 12.0 Å². The fourth-order valence-electron chi connectivity index (χ4n) is 2.21. The van der Waals surface area contributed by atoms with Gasteiger partial charge < -0.3 is 20.3 Å². The number of aliphatic carboxylic acids is 1. The molecule has 1 atom stereocenters. The van der Waals surface area contributed by atoms with Crippen LogP contribution in [0.5, 0.6) is 5.75 Å². The van der Waals surface area contributed by atoms with Crippen LogP contribution >= 0.6 is 0 Å². The van der Waals surface area contributed by atoms with Crippen LogP contribution in [0.4, 0.5) is 0 Å². The average molecular weight is 251 g/mol. The Labute approximate surface area is 106 Å². The third-order valence-corrected chi connectivity index (χ3v) is 3.37. The van der Waals surface area contributed by atoms with Gasteiger partial charge in [0.05, 0.1) is 20.3 Å². The second-order valence-electron chi connectivity index (χ2n) is 4.65. The van der Waals surface area contributed by atoms with E-state index in [1.54, 1.807) is 7.11 Å². The number of carboxylic acids is 1. The summed E-state index contributed by atoms with van der Waals surface area (Å²) in [6.45, 7) is 1.00. The molecule has 0 aromatic heterocycles. The van der Waals surface area contributed by atoms with Gasteiger partial charge in [-0.2, -0.15) is 0 Å². The predicted molar refractivity (Wildman–Crippen MR) is 65.7 cm³/mol. The van der Waals surface area contributed by atoms with Crippen molar-refractivity contribution in [2.45, 2.75) is 17.9 Å². The van der Waals surface area contributed by atoms with Gasteiger partial charge in [0, 0.05) is 5.41 Å². The normalized spacial score (nSPS) is 18.8. The SMILES string of the molecule is COc1cccc(C2(CC(N)C(=O)O)COC2)c1. The summed E-state index contributed by atoms with van der Waals surface area (Å²) in [6.07, 6.45) is 0.371. The number of rotatable bonds is 5. The highest BCUT2D eigenvalue weighted by Gasteiger charge is 2.42. The van der Waals surface area contributed by atoms with Crippen LogP contribution in [0.1, 0.15) is 12.0 Å². The first-order valence-electron chi connectivity index (χ1n) is 5.78. The van der Waals surface area contributed by atoms with Crippen LogP contribution in [0.2, 0.25) is 0 Å². The Bertz CT molecular complexity index is 442. The van der Waals surface area contributed by atoms with Crippen LogP contribution in [0, 0.1) is 0 Å². The monoisotopic (exact) mass is 251 g/mol. The largest absolute Gasteiger partial charge is 0.497 e.